The Morgan fingerprint density at radius 1 is 1.29 bits per heavy atom. The van der Waals surface area contributed by atoms with E-state index in [0.717, 1.165) is 0 Å². The van der Waals surface area contributed by atoms with E-state index in [-0.39, 0.29) is 23.6 Å². The second kappa shape index (κ2) is 7.47. The maximum atomic E-state index is 12.3. The highest BCUT2D eigenvalue weighted by Gasteiger charge is 2.29. The number of carbonyl (C=O) groups is 2. The fourth-order valence-electron chi connectivity index (χ4n) is 2.51. The second-order valence-corrected chi connectivity index (χ2v) is 6.89. The third-order valence-corrected chi connectivity index (χ3v) is 3.76. The quantitative estimate of drug-likeness (QED) is 0.679. The summed E-state index contributed by atoms with van der Waals surface area (Å²) in [6.07, 6.45) is 3.56. The van der Waals surface area contributed by atoms with Crippen molar-refractivity contribution in [3.63, 3.8) is 0 Å². The molecule has 1 amide bonds. The highest BCUT2D eigenvalue weighted by Crippen LogP contribution is 2.22. The topological polar surface area (TPSA) is 79.7 Å². The van der Waals surface area contributed by atoms with Gasteiger partial charge in [0.15, 0.2) is 5.78 Å². The molecule has 1 aromatic rings. The van der Waals surface area contributed by atoms with Crippen LogP contribution in [0.4, 0.5) is 4.79 Å². The molecule has 1 aromatic heterocycles. The number of nitrogens with zero attached hydrogens (tertiary/aromatic N) is 2. The number of amides is 1. The Morgan fingerprint density at radius 2 is 1.96 bits per heavy atom. The number of ketones is 1. The zero-order valence-corrected chi connectivity index (χ0v) is 14.4. The maximum Gasteiger partial charge on any atom is 0.410 e. The van der Waals surface area contributed by atoms with Crippen molar-refractivity contribution in [1.82, 2.24) is 9.88 Å². The van der Waals surface area contributed by atoms with Gasteiger partial charge in [-0.25, -0.2) is 4.79 Å². The van der Waals surface area contributed by atoms with Crippen LogP contribution in [0.15, 0.2) is 30.5 Å². The van der Waals surface area contributed by atoms with Crippen molar-refractivity contribution >= 4 is 17.6 Å². The molecular weight excluding hydrogens is 308 g/mol. The molecule has 0 bridgehead atoms. The SMILES string of the molecule is CC(C)(C)OC(=O)N1CCC(C(=O)/C=C(\O)c2ccccn2)CC1. The third kappa shape index (κ3) is 5.08. The molecule has 0 unspecified atom stereocenters. The van der Waals surface area contributed by atoms with Gasteiger partial charge in [-0.15, -0.1) is 0 Å². The first-order valence-electron chi connectivity index (χ1n) is 8.10. The molecule has 0 spiro atoms. The minimum atomic E-state index is -0.527. The summed E-state index contributed by atoms with van der Waals surface area (Å²) in [5, 5.41) is 9.98. The highest BCUT2D eigenvalue weighted by molar-refractivity contribution is 5.96. The van der Waals surface area contributed by atoms with Gasteiger partial charge in [-0.05, 0) is 45.7 Å². The van der Waals surface area contributed by atoms with Crippen molar-refractivity contribution in [2.24, 2.45) is 5.92 Å². The first kappa shape index (κ1) is 18.0. The smallest absolute Gasteiger partial charge is 0.410 e. The van der Waals surface area contributed by atoms with Gasteiger partial charge in [-0.2, -0.15) is 0 Å². The van der Waals surface area contributed by atoms with Gasteiger partial charge in [0.2, 0.25) is 0 Å². The normalized spacial score (nSPS) is 16.8. The van der Waals surface area contributed by atoms with E-state index in [9.17, 15) is 14.7 Å². The second-order valence-electron chi connectivity index (χ2n) is 6.89. The predicted molar refractivity (Wildman–Crippen MR) is 90.4 cm³/mol. The molecule has 2 rings (SSSR count). The van der Waals surface area contributed by atoms with Crippen LogP contribution in [0.25, 0.3) is 5.76 Å². The molecular formula is C18H24N2O4. The summed E-state index contributed by atoms with van der Waals surface area (Å²) in [7, 11) is 0. The predicted octanol–water partition coefficient (Wildman–Crippen LogP) is 3.20. The molecule has 1 aliphatic heterocycles. The van der Waals surface area contributed by atoms with Crippen molar-refractivity contribution < 1.29 is 19.4 Å². The van der Waals surface area contributed by atoms with Crippen molar-refractivity contribution in [2.45, 2.75) is 39.2 Å². The van der Waals surface area contributed by atoms with Crippen LogP contribution in [0.1, 0.15) is 39.3 Å². The van der Waals surface area contributed by atoms with Crippen molar-refractivity contribution in [2.75, 3.05) is 13.1 Å². The van der Waals surface area contributed by atoms with Gasteiger partial charge in [0, 0.05) is 31.3 Å². The Labute approximate surface area is 142 Å². The summed E-state index contributed by atoms with van der Waals surface area (Å²) in [4.78, 5) is 29.9. The average Bonchev–Trinajstić information content (AvgIpc) is 2.54. The van der Waals surface area contributed by atoms with Gasteiger partial charge in [0.05, 0.1) is 0 Å². The number of ether oxygens (including phenoxy) is 1. The molecule has 0 aliphatic carbocycles. The standard InChI is InChI=1S/C18H24N2O4/c1-18(2,3)24-17(23)20-10-7-13(8-11-20)15(21)12-16(22)14-6-4-5-9-19-14/h4-6,9,12-13,22H,7-8,10-11H2,1-3H3/b16-12-. The molecule has 1 N–H and O–H groups in total. The summed E-state index contributed by atoms with van der Waals surface area (Å²) in [5.41, 5.74) is -0.155. The number of aliphatic hydroxyl groups is 1. The number of aromatic nitrogens is 1. The summed E-state index contributed by atoms with van der Waals surface area (Å²) in [6, 6.07) is 5.13. The monoisotopic (exact) mass is 332 g/mol. The minimum Gasteiger partial charge on any atom is -0.506 e. The van der Waals surface area contributed by atoms with Gasteiger partial charge in [0.1, 0.15) is 17.1 Å². The first-order valence-corrected chi connectivity index (χ1v) is 8.10. The van der Waals surface area contributed by atoms with E-state index in [1.54, 1.807) is 29.3 Å². The molecule has 0 saturated carbocycles. The fourth-order valence-corrected chi connectivity index (χ4v) is 2.51. The van der Waals surface area contributed by atoms with Gasteiger partial charge in [0.25, 0.3) is 0 Å². The third-order valence-electron chi connectivity index (χ3n) is 3.76. The molecule has 1 aliphatic rings. The summed E-state index contributed by atoms with van der Waals surface area (Å²) in [6.45, 7) is 6.43. The molecule has 6 heteroatoms. The number of carbonyl (C=O) groups excluding carboxylic acids is 2. The van der Waals surface area contributed by atoms with Crippen LogP contribution in [0.3, 0.4) is 0 Å². The molecule has 24 heavy (non-hydrogen) atoms. The molecule has 0 radical (unpaired) electrons. The number of likely N-dealkylation sites (tertiary alicyclic amines) is 1. The summed E-state index contributed by atoms with van der Waals surface area (Å²) in [5.74, 6) is -0.466. The van der Waals surface area contributed by atoms with E-state index in [0.29, 0.717) is 31.6 Å². The van der Waals surface area contributed by atoms with Crippen LogP contribution < -0.4 is 0 Å². The van der Waals surface area contributed by atoms with E-state index in [1.165, 1.54) is 6.08 Å². The van der Waals surface area contributed by atoms with E-state index < -0.39 is 5.60 Å². The molecule has 130 valence electrons. The summed E-state index contributed by atoms with van der Waals surface area (Å²) < 4.78 is 5.34. The first-order chi connectivity index (χ1) is 11.3. The molecule has 0 atom stereocenters. The summed E-state index contributed by atoms with van der Waals surface area (Å²) >= 11 is 0. The van der Waals surface area contributed by atoms with Gasteiger partial charge in [-0.1, -0.05) is 6.07 Å². The maximum absolute atomic E-state index is 12.3. The van der Waals surface area contributed by atoms with E-state index in [1.807, 2.05) is 20.8 Å². The van der Waals surface area contributed by atoms with Crippen molar-refractivity contribution in [3.8, 4) is 0 Å². The van der Waals surface area contributed by atoms with E-state index in [2.05, 4.69) is 4.98 Å². The van der Waals surface area contributed by atoms with Crippen LogP contribution in [0.5, 0.6) is 0 Å². The van der Waals surface area contributed by atoms with Crippen LogP contribution in [0, 0.1) is 5.92 Å². The number of rotatable bonds is 3. The lowest BCUT2D eigenvalue weighted by molar-refractivity contribution is -0.119. The molecule has 1 fully saturated rings. The number of hydrogen-bond acceptors (Lipinski definition) is 5. The zero-order chi connectivity index (χ0) is 17.7. The lowest BCUT2D eigenvalue weighted by atomic mass is 9.92. The lowest BCUT2D eigenvalue weighted by Gasteiger charge is -2.32. The zero-order valence-electron chi connectivity index (χ0n) is 14.4. The number of hydrogen-bond donors (Lipinski definition) is 1. The van der Waals surface area contributed by atoms with Crippen LogP contribution in [-0.4, -0.2) is 45.6 Å². The van der Waals surface area contributed by atoms with E-state index >= 15 is 0 Å². The van der Waals surface area contributed by atoms with Crippen molar-refractivity contribution in [3.05, 3.63) is 36.2 Å². The van der Waals surface area contributed by atoms with Gasteiger partial charge < -0.3 is 14.7 Å². The number of allylic oxidation sites excluding steroid dienone is 1. The fraction of sp³-hybridized carbons (Fsp3) is 0.500. The van der Waals surface area contributed by atoms with Gasteiger partial charge in [-0.3, -0.25) is 9.78 Å². The molecule has 2 heterocycles. The Balaban J connectivity index is 1.90. The Hall–Kier alpha value is -2.37. The van der Waals surface area contributed by atoms with Crippen LogP contribution in [-0.2, 0) is 9.53 Å². The lowest BCUT2D eigenvalue weighted by Crippen LogP contribution is -2.42. The Kier molecular flexibility index (Phi) is 5.59. The number of aliphatic hydroxyl groups excluding tert-OH is 1. The van der Waals surface area contributed by atoms with Crippen LogP contribution in [0.2, 0.25) is 0 Å². The average molecular weight is 332 g/mol. The van der Waals surface area contributed by atoms with Crippen LogP contribution >= 0.6 is 0 Å². The number of pyridine rings is 1. The Bertz CT molecular complexity index is 612. The van der Waals surface area contributed by atoms with E-state index in [4.69, 9.17) is 4.74 Å². The highest BCUT2D eigenvalue weighted by atomic mass is 16.6. The molecule has 6 nitrogen and oxygen atoms in total. The number of piperidine rings is 1. The van der Waals surface area contributed by atoms with Gasteiger partial charge >= 0.3 is 6.09 Å². The molecule has 1 saturated heterocycles. The minimum absolute atomic E-state index is 0.129. The molecule has 0 aromatic carbocycles. The Morgan fingerprint density at radius 3 is 2.50 bits per heavy atom. The largest absolute Gasteiger partial charge is 0.506 e. The van der Waals surface area contributed by atoms with Crippen molar-refractivity contribution in [1.29, 1.82) is 0 Å².